The molecular weight excluding hydrogens is 498 g/mol. The van der Waals surface area contributed by atoms with Gasteiger partial charge in [-0.2, -0.15) is 5.10 Å². The SMILES string of the molecule is CCOc1c(Nc2cc(C)[nH]n2)nc(Sc2ccc(CC(=O)C3CCCC3)cc2)nc1N1CCN(C)CC1. The molecule has 2 fully saturated rings. The molecule has 38 heavy (non-hydrogen) atoms. The van der Waals surface area contributed by atoms with E-state index in [1.165, 1.54) is 24.6 Å². The topological polar surface area (TPSA) is 99.3 Å². The highest BCUT2D eigenvalue weighted by molar-refractivity contribution is 7.99. The lowest BCUT2D eigenvalue weighted by molar-refractivity contribution is -0.122. The van der Waals surface area contributed by atoms with Crippen molar-refractivity contribution in [2.75, 3.05) is 50.1 Å². The highest BCUT2D eigenvalue weighted by Gasteiger charge is 2.25. The Morgan fingerprint density at radius 1 is 1.13 bits per heavy atom. The number of aryl methyl sites for hydroxylation is 1. The van der Waals surface area contributed by atoms with E-state index in [9.17, 15) is 4.79 Å². The van der Waals surface area contributed by atoms with E-state index in [0.29, 0.717) is 41.4 Å². The van der Waals surface area contributed by atoms with E-state index in [2.05, 4.69) is 56.6 Å². The van der Waals surface area contributed by atoms with E-state index < -0.39 is 0 Å². The van der Waals surface area contributed by atoms with Crippen molar-refractivity contribution in [3.8, 4) is 5.75 Å². The van der Waals surface area contributed by atoms with Crippen LogP contribution < -0.4 is 15.0 Å². The molecule has 2 N–H and O–H groups in total. The second-order valence-electron chi connectivity index (χ2n) is 10.2. The lowest BCUT2D eigenvalue weighted by atomic mass is 9.97. The van der Waals surface area contributed by atoms with Gasteiger partial charge in [0.2, 0.25) is 5.75 Å². The number of piperazine rings is 1. The van der Waals surface area contributed by atoms with Crippen LogP contribution in [0.2, 0.25) is 0 Å². The summed E-state index contributed by atoms with van der Waals surface area (Å²) in [6.07, 6.45) is 4.97. The Morgan fingerprint density at radius 2 is 1.87 bits per heavy atom. The van der Waals surface area contributed by atoms with E-state index in [1.807, 2.05) is 19.9 Å². The van der Waals surface area contributed by atoms with Gasteiger partial charge < -0.3 is 19.9 Å². The number of carbonyl (C=O) groups is 1. The minimum Gasteiger partial charge on any atom is -0.487 e. The number of anilines is 3. The molecule has 0 unspecified atom stereocenters. The van der Waals surface area contributed by atoms with Gasteiger partial charge in [0.05, 0.1) is 6.61 Å². The fourth-order valence-corrected chi connectivity index (χ4v) is 5.79. The number of H-pyrrole nitrogens is 1. The molecule has 0 bridgehead atoms. The van der Waals surface area contributed by atoms with Crippen molar-refractivity contribution in [3.05, 3.63) is 41.6 Å². The summed E-state index contributed by atoms with van der Waals surface area (Å²) in [7, 11) is 2.14. The number of hydrogen-bond donors (Lipinski definition) is 2. The summed E-state index contributed by atoms with van der Waals surface area (Å²) in [6.45, 7) is 8.08. The molecule has 5 rings (SSSR count). The van der Waals surface area contributed by atoms with Crippen LogP contribution >= 0.6 is 11.8 Å². The first-order valence-corrected chi connectivity index (χ1v) is 14.4. The molecule has 2 aromatic heterocycles. The van der Waals surface area contributed by atoms with Crippen molar-refractivity contribution in [3.63, 3.8) is 0 Å². The molecule has 0 amide bonds. The molecular formula is C28H37N7O2S. The van der Waals surface area contributed by atoms with Crippen LogP contribution in [0.25, 0.3) is 0 Å². The molecule has 202 valence electrons. The first kappa shape index (κ1) is 26.5. The van der Waals surface area contributed by atoms with Crippen LogP contribution in [-0.2, 0) is 11.2 Å². The van der Waals surface area contributed by atoms with Gasteiger partial charge in [-0.3, -0.25) is 9.89 Å². The van der Waals surface area contributed by atoms with E-state index in [4.69, 9.17) is 14.7 Å². The van der Waals surface area contributed by atoms with E-state index in [0.717, 1.165) is 61.0 Å². The van der Waals surface area contributed by atoms with Crippen LogP contribution in [-0.4, -0.2) is 70.7 Å². The van der Waals surface area contributed by atoms with Crippen molar-refractivity contribution < 1.29 is 9.53 Å². The van der Waals surface area contributed by atoms with Crippen molar-refractivity contribution in [1.29, 1.82) is 0 Å². The molecule has 0 atom stereocenters. The summed E-state index contributed by atoms with van der Waals surface area (Å²) in [5.41, 5.74) is 2.02. The number of nitrogens with zero attached hydrogens (tertiary/aromatic N) is 5. The van der Waals surface area contributed by atoms with Crippen molar-refractivity contribution in [2.45, 2.75) is 56.0 Å². The van der Waals surface area contributed by atoms with Crippen LogP contribution in [0.3, 0.4) is 0 Å². The molecule has 1 aromatic carbocycles. The molecule has 1 saturated heterocycles. The third kappa shape index (κ3) is 6.47. The predicted molar refractivity (Wildman–Crippen MR) is 151 cm³/mol. The smallest absolute Gasteiger partial charge is 0.205 e. The minimum absolute atomic E-state index is 0.249. The number of Topliss-reactive ketones (excluding diaryl/α,β-unsaturated/α-hetero) is 1. The zero-order chi connectivity index (χ0) is 26.5. The fourth-order valence-electron chi connectivity index (χ4n) is 5.04. The van der Waals surface area contributed by atoms with Gasteiger partial charge in [-0.05, 0) is 63.2 Å². The Labute approximate surface area is 228 Å². The quantitative estimate of drug-likeness (QED) is 0.353. The van der Waals surface area contributed by atoms with E-state index in [1.54, 1.807) is 0 Å². The highest BCUT2D eigenvalue weighted by Crippen LogP contribution is 2.38. The first-order chi connectivity index (χ1) is 18.5. The number of carbonyl (C=O) groups excluding carboxylic acids is 1. The Bertz CT molecular complexity index is 1230. The van der Waals surface area contributed by atoms with Crippen molar-refractivity contribution >= 4 is 35.0 Å². The molecule has 10 heteroatoms. The van der Waals surface area contributed by atoms with Crippen molar-refractivity contribution in [2.24, 2.45) is 5.92 Å². The second-order valence-corrected chi connectivity index (χ2v) is 11.2. The zero-order valence-corrected chi connectivity index (χ0v) is 23.3. The van der Waals surface area contributed by atoms with E-state index in [-0.39, 0.29) is 5.92 Å². The number of aromatic amines is 1. The van der Waals surface area contributed by atoms with Gasteiger partial charge in [0.15, 0.2) is 22.6 Å². The molecule has 3 aromatic rings. The van der Waals surface area contributed by atoms with Gasteiger partial charge in [0.25, 0.3) is 0 Å². The van der Waals surface area contributed by atoms with Crippen LogP contribution in [0.1, 0.15) is 43.9 Å². The lowest BCUT2D eigenvalue weighted by Crippen LogP contribution is -2.45. The van der Waals surface area contributed by atoms with Crippen LogP contribution in [0, 0.1) is 12.8 Å². The van der Waals surface area contributed by atoms with Gasteiger partial charge in [0.1, 0.15) is 5.78 Å². The summed E-state index contributed by atoms with van der Waals surface area (Å²) in [5, 5.41) is 11.3. The van der Waals surface area contributed by atoms with Gasteiger partial charge in [-0.15, -0.1) is 0 Å². The number of ketones is 1. The molecule has 1 saturated carbocycles. The predicted octanol–water partition coefficient (Wildman–Crippen LogP) is 4.86. The Hall–Kier alpha value is -3.11. The summed E-state index contributed by atoms with van der Waals surface area (Å²) in [5.74, 6) is 3.34. The number of hydrogen-bond acceptors (Lipinski definition) is 9. The Morgan fingerprint density at radius 3 is 2.53 bits per heavy atom. The Balaban J connectivity index is 1.40. The monoisotopic (exact) mass is 535 g/mol. The summed E-state index contributed by atoms with van der Waals surface area (Å²) < 4.78 is 6.11. The normalized spacial score (nSPS) is 16.7. The minimum atomic E-state index is 0.249. The summed E-state index contributed by atoms with van der Waals surface area (Å²) >= 11 is 1.51. The maximum absolute atomic E-state index is 12.6. The molecule has 1 aliphatic heterocycles. The molecule has 0 radical (unpaired) electrons. The first-order valence-electron chi connectivity index (χ1n) is 13.6. The van der Waals surface area contributed by atoms with Crippen molar-refractivity contribution in [1.82, 2.24) is 25.1 Å². The van der Waals surface area contributed by atoms with E-state index >= 15 is 0 Å². The molecule has 9 nitrogen and oxygen atoms in total. The maximum Gasteiger partial charge on any atom is 0.205 e. The summed E-state index contributed by atoms with van der Waals surface area (Å²) in [6, 6.07) is 10.2. The van der Waals surface area contributed by atoms with Crippen LogP contribution in [0.5, 0.6) is 5.75 Å². The average molecular weight is 536 g/mol. The zero-order valence-electron chi connectivity index (χ0n) is 22.5. The number of rotatable bonds is 10. The van der Waals surface area contributed by atoms with Gasteiger partial charge in [-0.25, -0.2) is 9.97 Å². The Kier molecular flexibility index (Phi) is 8.48. The summed E-state index contributed by atoms with van der Waals surface area (Å²) in [4.78, 5) is 28.1. The number of ether oxygens (including phenoxy) is 1. The van der Waals surface area contributed by atoms with Crippen LogP contribution in [0.4, 0.5) is 17.5 Å². The maximum atomic E-state index is 12.6. The van der Waals surface area contributed by atoms with Gasteiger partial charge in [0, 0.05) is 55.2 Å². The highest BCUT2D eigenvalue weighted by atomic mass is 32.2. The average Bonchev–Trinajstić information content (AvgIpc) is 3.59. The fraction of sp³-hybridized carbons (Fsp3) is 0.500. The molecule has 1 aliphatic carbocycles. The second kappa shape index (κ2) is 12.2. The number of nitrogens with one attached hydrogen (secondary N) is 2. The van der Waals surface area contributed by atoms with Gasteiger partial charge >= 0.3 is 0 Å². The molecule has 3 heterocycles. The molecule has 0 spiro atoms. The van der Waals surface area contributed by atoms with Crippen LogP contribution in [0.15, 0.2) is 40.4 Å². The largest absolute Gasteiger partial charge is 0.487 e. The standard InChI is InChI=1S/C28H37N7O2S/c1-4-37-25-26(29-24-17-19(2)32-33-24)30-28(31-27(25)35-15-13-34(3)14-16-35)38-22-11-9-20(10-12-22)18-23(36)21-7-5-6-8-21/h9-12,17,21H,4-8,13-16,18H2,1-3H3,(H2,29,30,31,32,33). The van der Waals surface area contributed by atoms with Gasteiger partial charge in [-0.1, -0.05) is 25.0 Å². The number of likely N-dealkylation sites (N-methyl/N-ethyl adjacent to an activating group) is 1. The third-order valence-electron chi connectivity index (χ3n) is 7.19. The third-order valence-corrected chi connectivity index (χ3v) is 8.07. The number of aromatic nitrogens is 4. The molecule has 2 aliphatic rings. The number of benzene rings is 1. The lowest BCUT2D eigenvalue weighted by Gasteiger charge is -2.34.